The van der Waals surface area contributed by atoms with Crippen LogP contribution in [0.1, 0.15) is 18.4 Å². The van der Waals surface area contributed by atoms with Crippen molar-refractivity contribution in [3.05, 3.63) is 18.0 Å². The van der Waals surface area contributed by atoms with Crippen LogP contribution < -0.4 is 5.32 Å². The average Bonchev–Trinajstić information content (AvgIpc) is 2.76. The fourth-order valence-electron chi connectivity index (χ4n) is 1.88. The Morgan fingerprint density at radius 1 is 1.79 bits per heavy atom. The summed E-state index contributed by atoms with van der Waals surface area (Å²) in [6.45, 7) is 0.761. The summed E-state index contributed by atoms with van der Waals surface area (Å²) in [7, 11) is 0. The third kappa shape index (κ3) is 1.50. The van der Waals surface area contributed by atoms with Crippen LogP contribution in [0.4, 0.5) is 0 Å². The molecule has 0 bridgehead atoms. The molecule has 1 saturated heterocycles. The highest BCUT2D eigenvalue weighted by Gasteiger charge is 2.41. The van der Waals surface area contributed by atoms with Crippen molar-refractivity contribution < 1.29 is 14.4 Å². The molecular formula is C9H12N2O3. The number of aromatic nitrogens is 1. The first-order chi connectivity index (χ1) is 6.73. The summed E-state index contributed by atoms with van der Waals surface area (Å²) in [5, 5.41) is 15.7. The van der Waals surface area contributed by atoms with Crippen molar-refractivity contribution in [1.29, 1.82) is 0 Å². The van der Waals surface area contributed by atoms with Crippen LogP contribution in [0.15, 0.2) is 17.0 Å². The molecule has 14 heavy (non-hydrogen) atoms. The number of carbonyl (C=O) groups is 1. The van der Waals surface area contributed by atoms with Crippen LogP contribution in [-0.4, -0.2) is 28.3 Å². The Hall–Kier alpha value is -1.36. The summed E-state index contributed by atoms with van der Waals surface area (Å²) in [4.78, 5) is 11.1. The van der Waals surface area contributed by atoms with Crippen molar-refractivity contribution in [3.63, 3.8) is 0 Å². The van der Waals surface area contributed by atoms with Gasteiger partial charge in [0.15, 0.2) is 0 Å². The molecule has 1 aliphatic heterocycles. The molecular weight excluding hydrogens is 184 g/mol. The Morgan fingerprint density at radius 2 is 2.64 bits per heavy atom. The first kappa shape index (κ1) is 9.21. The molecule has 1 unspecified atom stereocenters. The molecule has 5 nitrogen and oxygen atoms in total. The second kappa shape index (κ2) is 3.42. The number of carboxylic acids is 1. The second-order valence-corrected chi connectivity index (χ2v) is 3.63. The predicted molar refractivity (Wildman–Crippen MR) is 47.8 cm³/mol. The first-order valence-electron chi connectivity index (χ1n) is 4.60. The van der Waals surface area contributed by atoms with Crippen molar-refractivity contribution in [3.8, 4) is 0 Å². The Kier molecular flexibility index (Phi) is 2.25. The van der Waals surface area contributed by atoms with E-state index in [1.165, 1.54) is 6.26 Å². The molecule has 1 aliphatic rings. The summed E-state index contributed by atoms with van der Waals surface area (Å²) in [6, 6.07) is 0. The van der Waals surface area contributed by atoms with Crippen LogP contribution in [0, 0.1) is 0 Å². The summed E-state index contributed by atoms with van der Waals surface area (Å²) < 4.78 is 4.68. The van der Waals surface area contributed by atoms with Gasteiger partial charge in [-0.25, -0.2) is 0 Å². The van der Waals surface area contributed by atoms with Gasteiger partial charge >= 0.3 is 5.97 Å². The van der Waals surface area contributed by atoms with E-state index in [1.54, 1.807) is 6.20 Å². The molecule has 0 saturated carbocycles. The lowest BCUT2D eigenvalue weighted by Gasteiger charge is -2.23. The zero-order valence-corrected chi connectivity index (χ0v) is 7.69. The molecule has 0 aliphatic carbocycles. The zero-order chi connectivity index (χ0) is 10.0. The Morgan fingerprint density at radius 3 is 3.14 bits per heavy atom. The van der Waals surface area contributed by atoms with Gasteiger partial charge in [0.25, 0.3) is 0 Å². The van der Waals surface area contributed by atoms with E-state index in [1.807, 2.05) is 0 Å². The van der Waals surface area contributed by atoms with Gasteiger partial charge in [-0.1, -0.05) is 5.16 Å². The van der Waals surface area contributed by atoms with Gasteiger partial charge in [-0.15, -0.1) is 0 Å². The van der Waals surface area contributed by atoms with E-state index < -0.39 is 11.5 Å². The van der Waals surface area contributed by atoms with Crippen molar-refractivity contribution in [1.82, 2.24) is 10.5 Å². The SMILES string of the molecule is O=C(O)C1(Cc2cnoc2)CCCN1. The van der Waals surface area contributed by atoms with E-state index in [4.69, 9.17) is 5.11 Å². The van der Waals surface area contributed by atoms with Crippen LogP contribution in [-0.2, 0) is 11.2 Å². The van der Waals surface area contributed by atoms with Crippen molar-refractivity contribution in [2.24, 2.45) is 0 Å². The first-order valence-corrected chi connectivity index (χ1v) is 4.60. The van der Waals surface area contributed by atoms with E-state index in [2.05, 4.69) is 15.0 Å². The second-order valence-electron chi connectivity index (χ2n) is 3.63. The number of hydrogen-bond donors (Lipinski definition) is 2. The van der Waals surface area contributed by atoms with E-state index in [-0.39, 0.29) is 0 Å². The fourth-order valence-corrected chi connectivity index (χ4v) is 1.88. The molecule has 0 spiro atoms. The third-order valence-corrected chi connectivity index (χ3v) is 2.64. The molecule has 0 radical (unpaired) electrons. The summed E-state index contributed by atoms with van der Waals surface area (Å²) in [6.07, 6.45) is 5.05. The van der Waals surface area contributed by atoms with E-state index >= 15 is 0 Å². The summed E-state index contributed by atoms with van der Waals surface area (Å²) in [5.74, 6) is -0.795. The largest absolute Gasteiger partial charge is 0.480 e. The summed E-state index contributed by atoms with van der Waals surface area (Å²) >= 11 is 0. The topological polar surface area (TPSA) is 75.4 Å². The van der Waals surface area contributed by atoms with Crippen molar-refractivity contribution in [2.75, 3.05) is 6.54 Å². The lowest BCUT2D eigenvalue weighted by Crippen LogP contribution is -2.49. The molecule has 1 fully saturated rings. The maximum absolute atomic E-state index is 11.1. The number of rotatable bonds is 3. The van der Waals surface area contributed by atoms with Crippen molar-refractivity contribution in [2.45, 2.75) is 24.8 Å². The van der Waals surface area contributed by atoms with E-state index in [0.29, 0.717) is 12.8 Å². The van der Waals surface area contributed by atoms with Crippen LogP contribution in [0.25, 0.3) is 0 Å². The lowest BCUT2D eigenvalue weighted by atomic mass is 9.91. The standard InChI is InChI=1S/C9H12N2O3/c12-8(13)9(2-1-3-10-9)4-7-5-11-14-6-7/h5-6,10H,1-4H2,(H,12,13). The number of nitrogens with one attached hydrogen (secondary N) is 1. The van der Waals surface area contributed by atoms with E-state index in [0.717, 1.165) is 18.5 Å². The van der Waals surface area contributed by atoms with Gasteiger partial charge in [-0.2, -0.15) is 0 Å². The molecule has 76 valence electrons. The predicted octanol–water partition coefficient (Wildman–Crippen LogP) is 0.424. The van der Waals surface area contributed by atoms with Gasteiger partial charge in [0.1, 0.15) is 11.8 Å². The number of carboxylic acid groups (broad SMARTS) is 1. The molecule has 2 heterocycles. The van der Waals surface area contributed by atoms with Crippen LogP contribution >= 0.6 is 0 Å². The number of hydrogen-bond acceptors (Lipinski definition) is 4. The normalized spacial score (nSPS) is 26.6. The number of nitrogens with zero attached hydrogens (tertiary/aromatic N) is 1. The maximum atomic E-state index is 11.1. The molecule has 2 N–H and O–H groups in total. The zero-order valence-electron chi connectivity index (χ0n) is 7.69. The minimum atomic E-state index is -0.814. The third-order valence-electron chi connectivity index (χ3n) is 2.64. The van der Waals surface area contributed by atoms with Gasteiger partial charge in [-0.05, 0) is 19.4 Å². The molecule has 0 amide bonds. The Bertz CT molecular complexity index is 315. The smallest absolute Gasteiger partial charge is 0.324 e. The minimum Gasteiger partial charge on any atom is -0.480 e. The molecule has 1 atom stereocenters. The molecule has 1 aromatic heterocycles. The fraction of sp³-hybridized carbons (Fsp3) is 0.556. The van der Waals surface area contributed by atoms with Crippen LogP contribution in [0.5, 0.6) is 0 Å². The van der Waals surface area contributed by atoms with Crippen molar-refractivity contribution >= 4 is 5.97 Å². The van der Waals surface area contributed by atoms with E-state index in [9.17, 15) is 4.79 Å². The van der Waals surface area contributed by atoms with Crippen LogP contribution in [0.3, 0.4) is 0 Å². The molecule has 2 rings (SSSR count). The Balaban J connectivity index is 2.16. The van der Waals surface area contributed by atoms with Gasteiger partial charge in [0.2, 0.25) is 0 Å². The quantitative estimate of drug-likeness (QED) is 0.733. The highest BCUT2D eigenvalue weighted by Crippen LogP contribution is 2.24. The molecule has 5 heteroatoms. The number of aliphatic carboxylic acids is 1. The monoisotopic (exact) mass is 196 g/mol. The average molecular weight is 196 g/mol. The minimum absolute atomic E-state index is 0.436. The van der Waals surface area contributed by atoms with Crippen LogP contribution in [0.2, 0.25) is 0 Å². The Labute approximate surface area is 81.1 Å². The van der Waals surface area contributed by atoms with Gasteiger partial charge in [0, 0.05) is 12.0 Å². The maximum Gasteiger partial charge on any atom is 0.324 e. The lowest BCUT2D eigenvalue weighted by molar-refractivity contribution is -0.144. The van der Waals surface area contributed by atoms with Gasteiger partial charge < -0.3 is 14.9 Å². The van der Waals surface area contributed by atoms with Gasteiger partial charge in [-0.3, -0.25) is 4.79 Å². The highest BCUT2D eigenvalue weighted by molar-refractivity contribution is 5.79. The molecule has 1 aromatic rings. The molecule has 0 aromatic carbocycles. The highest BCUT2D eigenvalue weighted by atomic mass is 16.5. The van der Waals surface area contributed by atoms with Gasteiger partial charge in [0.05, 0.1) is 6.20 Å². The summed E-state index contributed by atoms with van der Waals surface area (Å²) in [5.41, 5.74) is 0.00718.